The van der Waals surface area contributed by atoms with Gasteiger partial charge in [0.1, 0.15) is 0 Å². The van der Waals surface area contributed by atoms with Crippen LogP contribution in [0.2, 0.25) is 0 Å². The van der Waals surface area contributed by atoms with E-state index in [2.05, 4.69) is 25.7 Å². The molecule has 0 radical (unpaired) electrons. The Morgan fingerprint density at radius 1 is 1.21 bits per heavy atom. The van der Waals surface area contributed by atoms with Crippen molar-refractivity contribution in [3.63, 3.8) is 0 Å². The van der Waals surface area contributed by atoms with Gasteiger partial charge in [-0.2, -0.15) is 0 Å². The van der Waals surface area contributed by atoms with Crippen LogP contribution in [0.25, 0.3) is 0 Å². The molecule has 0 aromatic rings. The summed E-state index contributed by atoms with van der Waals surface area (Å²) in [5.41, 5.74) is 6.01. The Labute approximate surface area is 118 Å². The van der Waals surface area contributed by atoms with E-state index in [1.807, 2.05) is 0 Å². The predicted molar refractivity (Wildman–Crippen MR) is 79.0 cm³/mol. The van der Waals surface area contributed by atoms with Gasteiger partial charge in [0.25, 0.3) is 0 Å². The summed E-state index contributed by atoms with van der Waals surface area (Å²) in [5, 5.41) is 0. The topological polar surface area (TPSA) is 47.7 Å². The quantitative estimate of drug-likeness (QED) is 0.721. The molecule has 1 unspecified atom stereocenters. The summed E-state index contributed by atoms with van der Waals surface area (Å²) in [5.74, 6) is 1.65. The van der Waals surface area contributed by atoms with E-state index in [1.54, 1.807) is 14.2 Å². The van der Waals surface area contributed by atoms with Gasteiger partial charge in [0.2, 0.25) is 0 Å². The van der Waals surface area contributed by atoms with Gasteiger partial charge in [-0.05, 0) is 44.7 Å². The van der Waals surface area contributed by atoms with Crippen LogP contribution in [0.4, 0.5) is 0 Å². The number of methoxy groups -OCH3 is 2. The second-order valence-corrected chi connectivity index (χ2v) is 6.37. The second-order valence-electron chi connectivity index (χ2n) is 6.37. The zero-order valence-electron chi connectivity index (χ0n) is 13.3. The highest BCUT2D eigenvalue weighted by atomic mass is 16.7. The molecule has 4 nitrogen and oxygen atoms in total. The number of ether oxygens (including phenoxy) is 2. The number of hydrogen-bond acceptors (Lipinski definition) is 4. The first-order valence-corrected chi connectivity index (χ1v) is 7.47. The number of nitrogens with zero attached hydrogens (tertiary/aromatic N) is 1. The number of hydrogen-bond donors (Lipinski definition) is 1. The number of piperidine rings is 1. The van der Waals surface area contributed by atoms with E-state index in [-0.39, 0.29) is 11.8 Å². The zero-order chi connectivity index (χ0) is 14.5. The fourth-order valence-corrected chi connectivity index (χ4v) is 3.07. The van der Waals surface area contributed by atoms with Crippen molar-refractivity contribution in [3.05, 3.63) is 0 Å². The van der Waals surface area contributed by atoms with Crippen LogP contribution in [0.5, 0.6) is 0 Å². The van der Waals surface area contributed by atoms with Crippen molar-refractivity contribution >= 4 is 0 Å². The van der Waals surface area contributed by atoms with Crippen molar-refractivity contribution in [2.75, 3.05) is 33.9 Å². The van der Waals surface area contributed by atoms with E-state index in [9.17, 15) is 0 Å². The molecular weight excluding hydrogens is 240 g/mol. The Balaban J connectivity index is 2.60. The van der Waals surface area contributed by atoms with Crippen molar-refractivity contribution in [1.82, 2.24) is 4.90 Å². The predicted octanol–water partition coefficient (Wildman–Crippen LogP) is 2.08. The van der Waals surface area contributed by atoms with Gasteiger partial charge in [-0.1, -0.05) is 13.8 Å². The van der Waals surface area contributed by atoms with Crippen molar-refractivity contribution < 1.29 is 9.47 Å². The molecule has 0 aromatic carbocycles. The smallest absolute Gasteiger partial charge is 0.158 e. The average Bonchev–Trinajstić information content (AvgIpc) is 2.44. The van der Waals surface area contributed by atoms with Crippen molar-refractivity contribution in [3.8, 4) is 0 Å². The second kappa shape index (κ2) is 7.58. The molecule has 0 bridgehead atoms. The average molecular weight is 272 g/mol. The van der Waals surface area contributed by atoms with Gasteiger partial charge >= 0.3 is 0 Å². The van der Waals surface area contributed by atoms with E-state index in [0.717, 1.165) is 31.3 Å². The van der Waals surface area contributed by atoms with Gasteiger partial charge in [0.05, 0.1) is 0 Å². The van der Waals surface area contributed by atoms with Crippen LogP contribution in [0.3, 0.4) is 0 Å². The highest BCUT2D eigenvalue weighted by Crippen LogP contribution is 2.30. The molecule has 1 fully saturated rings. The molecule has 4 heteroatoms. The minimum atomic E-state index is -0.170. The third-order valence-electron chi connectivity index (χ3n) is 4.82. The summed E-state index contributed by atoms with van der Waals surface area (Å²) < 4.78 is 10.7. The number of rotatable bonds is 7. The van der Waals surface area contributed by atoms with Crippen molar-refractivity contribution in [1.29, 1.82) is 0 Å². The fraction of sp³-hybridized carbons (Fsp3) is 1.00. The molecule has 0 aliphatic carbocycles. The van der Waals surface area contributed by atoms with Gasteiger partial charge in [0.15, 0.2) is 6.29 Å². The van der Waals surface area contributed by atoms with E-state index < -0.39 is 0 Å². The monoisotopic (exact) mass is 272 g/mol. The van der Waals surface area contributed by atoms with E-state index in [4.69, 9.17) is 15.2 Å². The van der Waals surface area contributed by atoms with Crippen LogP contribution < -0.4 is 5.73 Å². The summed E-state index contributed by atoms with van der Waals surface area (Å²) in [6, 6.07) is 0. The van der Waals surface area contributed by atoms with E-state index in [1.165, 1.54) is 12.8 Å². The highest BCUT2D eigenvalue weighted by molar-refractivity contribution is 4.91. The van der Waals surface area contributed by atoms with Gasteiger partial charge < -0.3 is 15.2 Å². The molecule has 0 amide bonds. The fourth-order valence-electron chi connectivity index (χ4n) is 3.07. The van der Waals surface area contributed by atoms with Crippen molar-refractivity contribution in [2.45, 2.75) is 51.9 Å². The maximum absolute atomic E-state index is 6.04. The molecule has 2 N–H and O–H groups in total. The maximum Gasteiger partial charge on any atom is 0.158 e. The molecule has 1 saturated heterocycles. The van der Waals surface area contributed by atoms with Crippen LogP contribution >= 0.6 is 0 Å². The molecule has 1 rings (SSSR count). The first-order chi connectivity index (χ1) is 8.96. The summed E-state index contributed by atoms with van der Waals surface area (Å²) in [6.07, 6.45) is 3.20. The molecule has 19 heavy (non-hydrogen) atoms. The molecule has 114 valence electrons. The lowest BCUT2D eigenvalue weighted by molar-refractivity contribution is -0.130. The van der Waals surface area contributed by atoms with Crippen LogP contribution in [-0.4, -0.2) is 50.6 Å². The minimum Gasteiger partial charge on any atom is -0.356 e. The maximum atomic E-state index is 6.04. The van der Waals surface area contributed by atoms with Crippen molar-refractivity contribution in [2.24, 2.45) is 17.6 Å². The molecule has 1 aliphatic heterocycles. The van der Waals surface area contributed by atoms with Gasteiger partial charge in [0, 0.05) is 32.7 Å². The van der Waals surface area contributed by atoms with Crippen LogP contribution in [0.15, 0.2) is 0 Å². The summed E-state index contributed by atoms with van der Waals surface area (Å²) >= 11 is 0. The molecule has 1 atom stereocenters. The summed E-state index contributed by atoms with van der Waals surface area (Å²) in [7, 11) is 3.38. The molecule has 0 spiro atoms. The third kappa shape index (κ3) is 4.42. The molecule has 0 aromatic heterocycles. The Morgan fingerprint density at radius 3 is 2.11 bits per heavy atom. The van der Waals surface area contributed by atoms with Gasteiger partial charge in [-0.15, -0.1) is 0 Å². The van der Waals surface area contributed by atoms with Crippen LogP contribution in [-0.2, 0) is 9.47 Å². The molecule has 1 heterocycles. The minimum absolute atomic E-state index is 0.0291. The van der Waals surface area contributed by atoms with Gasteiger partial charge in [-0.25, -0.2) is 0 Å². The molecular formula is C15H32N2O2. The normalized spacial score (nSPS) is 22.1. The Hall–Kier alpha value is -0.160. The van der Waals surface area contributed by atoms with Crippen LogP contribution in [0, 0.1) is 11.8 Å². The van der Waals surface area contributed by atoms with Crippen LogP contribution in [0.1, 0.15) is 40.0 Å². The Kier molecular flexibility index (Phi) is 6.74. The van der Waals surface area contributed by atoms with Gasteiger partial charge in [-0.3, -0.25) is 4.90 Å². The molecule has 1 aliphatic rings. The first kappa shape index (κ1) is 16.9. The largest absolute Gasteiger partial charge is 0.356 e. The third-order valence-corrected chi connectivity index (χ3v) is 4.82. The first-order valence-electron chi connectivity index (χ1n) is 7.47. The SMILES string of the molecule is COC(CC(C)(CN)N1CCC(C(C)C)CC1)OC. The lowest BCUT2D eigenvalue weighted by Crippen LogP contribution is -2.56. The lowest BCUT2D eigenvalue weighted by atomic mass is 9.84. The number of likely N-dealkylation sites (tertiary alicyclic amines) is 1. The zero-order valence-corrected chi connectivity index (χ0v) is 13.3. The lowest BCUT2D eigenvalue weighted by Gasteiger charge is -2.46. The number of nitrogens with two attached hydrogens (primary N) is 1. The summed E-state index contributed by atoms with van der Waals surface area (Å²) in [4.78, 5) is 2.52. The Bertz CT molecular complexity index is 249. The highest BCUT2D eigenvalue weighted by Gasteiger charge is 2.36. The van der Waals surface area contributed by atoms with E-state index in [0.29, 0.717) is 6.54 Å². The van der Waals surface area contributed by atoms with E-state index >= 15 is 0 Å². The molecule has 0 saturated carbocycles. The standard InChI is InChI=1S/C15H32N2O2/c1-12(2)13-6-8-17(9-7-13)15(3,11-16)10-14(18-4)19-5/h12-14H,6-11,16H2,1-5H3. The Morgan fingerprint density at radius 2 is 1.74 bits per heavy atom. The summed E-state index contributed by atoms with van der Waals surface area (Å²) in [6.45, 7) is 9.80.